The summed E-state index contributed by atoms with van der Waals surface area (Å²) >= 11 is 7.81. The van der Waals surface area contributed by atoms with Gasteiger partial charge in [-0.15, -0.1) is 0 Å². The van der Waals surface area contributed by atoms with Gasteiger partial charge in [0.2, 0.25) is 0 Å². The van der Waals surface area contributed by atoms with Crippen LogP contribution in [0, 0.1) is 0 Å². The summed E-state index contributed by atoms with van der Waals surface area (Å²) in [6.07, 6.45) is 0. The lowest BCUT2D eigenvalue weighted by molar-refractivity contribution is 0.0746. The molecule has 1 saturated heterocycles. The molecule has 1 aliphatic heterocycles. The van der Waals surface area contributed by atoms with Crippen LogP contribution >= 0.6 is 22.9 Å². The maximum absolute atomic E-state index is 12.7. The highest BCUT2D eigenvalue weighted by Crippen LogP contribution is 2.38. The average Bonchev–Trinajstić information content (AvgIpc) is 3.18. The highest BCUT2D eigenvalue weighted by atomic mass is 35.5. The van der Waals surface area contributed by atoms with Crippen LogP contribution in [-0.4, -0.2) is 56.2 Å². The first-order valence-corrected chi connectivity index (χ1v) is 10.1. The zero-order valence-electron chi connectivity index (χ0n) is 15.6. The predicted molar refractivity (Wildman–Crippen MR) is 112 cm³/mol. The van der Waals surface area contributed by atoms with Gasteiger partial charge in [0.15, 0.2) is 10.9 Å². The van der Waals surface area contributed by atoms with E-state index in [2.05, 4.69) is 4.90 Å². The fourth-order valence-corrected chi connectivity index (χ4v) is 4.53. The van der Waals surface area contributed by atoms with E-state index in [1.54, 1.807) is 37.7 Å². The molecule has 0 N–H and O–H groups in total. The lowest BCUT2D eigenvalue weighted by atomic mass is 10.1. The van der Waals surface area contributed by atoms with Gasteiger partial charge in [0, 0.05) is 31.7 Å². The van der Waals surface area contributed by atoms with E-state index >= 15 is 0 Å². The number of benzene rings is 2. The molecule has 8 heteroatoms. The Morgan fingerprint density at radius 3 is 2.39 bits per heavy atom. The van der Waals surface area contributed by atoms with Crippen LogP contribution in [0.4, 0.5) is 5.13 Å². The molecule has 146 valence electrons. The fraction of sp³-hybridized carbons (Fsp3) is 0.300. The van der Waals surface area contributed by atoms with Gasteiger partial charge in [0.05, 0.1) is 23.9 Å². The Bertz CT molecular complexity index is 998. The number of hydrogen-bond acceptors (Lipinski definition) is 6. The first kappa shape index (κ1) is 18.8. The van der Waals surface area contributed by atoms with Crippen molar-refractivity contribution >= 4 is 44.2 Å². The quantitative estimate of drug-likeness (QED) is 0.643. The average molecular weight is 418 g/mol. The van der Waals surface area contributed by atoms with E-state index in [0.717, 1.165) is 34.2 Å². The summed E-state index contributed by atoms with van der Waals surface area (Å²) in [6.45, 7) is 2.77. The first-order chi connectivity index (χ1) is 13.6. The largest absolute Gasteiger partial charge is 0.497 e. The third-order valence-corrected chi connectivity index (χ3v) is 6.21. The molecule has 2 aromatic carbocycles. The van der Waals surface area contributed by atoms with Gasteiger partial charge in [-0.25, -0.2) is 4.98 Å². The minimum Gasteiger partial charge on any atom is -0.497 e. The van der Waals surface area contributed by atoms with Gasteiger partial charge in [-0.1, -0.05) is 22.9 Å². The van der Waals surface area contributed by atoms with Crippen molar-refractivity contribution in [1.29, 1.82) is 0 Å². The summed E-state index contributed by atoms with van der Waals surface area (Å²) in [5.74, 6) is 1.39. The lowest BCUT2D eigenvalue weighted by Crippen LogP contribution is -2.48. The lowest BCUT2D eigenvalue weighted by Gasteiger charge is -2.34. The molecular weight excluding hydrogens is 398 g/mol. The van der Waals surface area contributed by atoms with Crippen LogP contribution in [0.25, 0.3) is 10.2 Å². The van der Waals surface area contributed by atoms with Crippen molar-refractivity contribution in [1.82, 2.24) is 9.88 Å². The number of hydrogen-bond donors (Lipinski definition) is 0. The maximum atomic E-state index is 12.7. The molecule has 4 rings (SSSR count). The van der Waals surface area contributed by atoms with Crippen LogP contribution in [0.5, 0.6) is 11.5 Å². The molecule has 0 atom stereocenters. The molecule has 1 aromatic heterocycles. The number of nitrogens with zero attached hydrogens (tertiary/aromatic N) is 3. The summed E-state index contributed by atoms with van der Waals surface area (Å²) in [6, 6.07) is 11.0. The smallest absolute Gasteiger partial charge is 0.253 e. The van der Waals surface area contributed by atoms with Gasteiger partial charge in [0.25, 0.3) is 5.91 Å². The van der Waals surface area contributed by atoms with E-state index < -0.39 is 0 Å². The Morgan fingerprint density at radius 1 is 1.04 bits per heavy atom. The van der Waals surface area contributed by atoms with Crippen molar-refractivity contribution in [2.24, 2.45) is 0 Å². The molecule has 6 nitrogen and oxygen atoms in total. The van der Waals surface area contributed by atoms with Crippen molar-refractivity contribution in [3.63, 3.8) is 0 Å². The Labute approximate surface area is 172 Å². The number of ether oxygens (including phenoxy) is 2. The standard InChI is InChI=1S/C20H20ClN3O3S/c1-26-14-5-3-13(4-6-14)19(25)23-9-11-24(12-10-23)20-22-17-16(28-20)8-7-15(21)18(17)27-2/h3-8H,9-12H2,1-2H3. The van der Waals surface area contributed by atoms with E-state index in [0.29, 0.717) is 29.4 Å². The van der Waals surface area contributed by atoms with E-state index in [4.69, 9.17) is 26.1 Å². The number of fused-ring (bicyclic) bond motifs is 1. The van der Waals surface area contributed by atoms with Crippen molar-refractivity contribution in [3.8, 4) is 11.5 Å². The van der Waals surface area contributed by atoms with Gasteiger partial charge in [0.1, 0.15) is 11.3 Å². The predicted octanol–water partition coefficient (Wildman–Crippen LogP) is 3.93. The number of carbonyl (C=O) groups excluding carboxylic acids is 1. The molecule has 0 saturated carbocycles. The highest BCUT2D eigenvalue weighted by Gasteiger charge is 2.24. The van der Waals surface area contributed by atoms with E-state index in [1.807, 2.05) is 29.2 Å². The summed E-state index contributed by atoms with van der Waals surface area (Å²) in [5.41, 5.74) is 1.46. The van der Waals surface area contributed by atoms with Crippen molar-refractivity contribution in [3.05, 3.63) is 47.0 Å². The fourth-order valence-electron chi connectivity index (χ4n) is 3.28. The molecule has 0 aliphatic carbocycles. The minimum atomic E-state index is 0.0417. The Balaban J connectivity index is 1.46. The first-order valence-electron chi connectivity index (χ1n) is 8.92. The molecule has 1 aliphatic rings. The molecule has 1 amide bonds. The number of rotatable bonds is 4. The number of anilines is 1. The Kier molecular flexibility index (Phi) is 5.28. The highest BCUT2D eigenvalue weighted by molar-refractivity contribution is 7.22. The second kappa shape index (κ2) is 7.85. The number of amides is 1. The molecule has 0 unspecified atom stereocenters. The second-order valence-corrected chi connectivity index (χ2v) is 7.85. The van der Waals surface area contributed by atoms with Gasteiger partial charge >= 0.3 is 0 Å². The third kappa shape index (κ3) is 3.47. The van der Waals surface area contributed by atoms with Crippen LogP contribution in [0.3, 0.4) is 0 Å². The number of carbonyl (C=O) groups is 1. The van der Waals surface area contributed by atoms with Crippen molar-refractivity contribution in [2.75, 3.05) is 45.3 Å². The minimum absolute atomic E-state index is 0.0417. The van der Waals surface area contributed by atoms with Crippen LogP contribution in [-0.2, 0) is 0 Å². The maximum Gasteiger partial charge on any atom is 0.253 e. The Hall–Kier alpha value is -2.51. The van der Waals surface area contributed by atoms with Gasteiger partial charge in [-0.3, -0.25) is 4.79 Å². The topological polar surface area (TPSA) is 54.9 Å². The van der Waals surface area contributed by atoms with Crippen LogP contribution in [0.15, 0.2) is 36.4 Å². The summed E-state index contributed by atoms with van der Waals surface area (Å²) < 4.78 is 11.6. The number of thiazole rings is 1. The summed E-state index contributed by atoms with van der Waals surface area (Å²) in [5, 5.41) is 1.48. The molecule has 0 spiro atoms. The monoisotopic (exact) mass is 417 g/mol. The molecule has 1 fully saturated rings. The van der Waals surface area contributed by atoms with Crippen LogP contribution in [0.1, 0.15) is 10.4 Å². The van der Waals surface area contributed by atoms with Crippen LogP contribution < -0.4 is 14.4 Å². The molecule has 2 heterocycles. The van der Waals surface area contributed by atoms with E-state index in [1.165, 1.54) is 0 Å². The molecule has 3 aromatic rings. The molecule has 0 radical (unpaired) electrons. The summed E-state index contributed by atoms with van der Waals surface area (Å²) in [7, 11) is 3.21. The second-order valence-electron chi connectivity index (χ2n) is 6.43. The number of piperazine rings is 1. The van der Waals surface area contributed by atoms with Crippen molar-refractivity contribution < 1.29 is 14.3 Å². The van der Waals surface area contributed by atoms with Crippen LogP contribution in [0.2, 0.25) is 5.02 Å². The Morgan fingerprint density at radius 2 is 1.75 bits per heavy atom. The van der Waals surface area contributed by atoms with Gasteiger partial charge in [-0.2, -0.15) is 0 Å². The zero-order valence-corrected chi connectivity index (χ0v) is 17.2. The molecule has 28 heavy (non-hydrogen) atoms. The SMILES string of the molecule is COc1ccc(C(=O)N2CCN(c3nc4c(OC)c(Cl)ccc4s3)CC2)cc1. The van der Waals surface area contributed by atoms with E-state index in [9.17, 15) is 4.79 Å². The number of aromatic nitrogens is 1. The number of halogens is 1. The van der Waals surface area contributed by atoms with E-state index in [-0.39, 0.29) is 5.91 Å². The van der Waals surface area contributed by atoms with Crippen molar-refractivity contribution in [2.45, 2.75) is 0 Å². The third-order valence-electron chi connectivity index (χ3n) is 4.83. The molecule has 0 bridgehead atoms. The summed E-state index contributed by atoms with van der Waals surface area (Å²) in [4.78, 5) is 21.5. The molecular formula is C20H20ClN3O3S. The normalized spacial score (nSPS) is 14.4. The zero-order chi connectivity index (χ0) is 19.7. The van der Waals surface area contributed by atoms with Gasteiger partial charge < -0.3 is 19.3 Å². The van der Waals surface area contributed by atoms with Gasteiger partial charge in [-0.05, 0) is 36.4 Å². The number of methoxy groups -OCH3 is 2.